The van der Waals surface area contributed by atoms with E-state index in [1.54, 1.807) is 6.07 Å². The van der Waals surface area contributed by atoms with Crippen LogP contribution < -0.4 is 16.2 Å². The maximum absolute atomic E-state index is 12.0. The average molecular weight is 404 g/mol. The molecule has 2 aromatic rings. The molecule has 0 saturated carbocycles. The summed E-state index contributed by atoms with van der Waals surface area (Å²) in [7, 11) is 1.23. The summed E-state index contributed by atoms with van der Waals surface area (Å²) in [6.07, 6.45) is -0.154. The molecule has 0 spiro atoms. The van der Waals surface area contributed by atoms with Crippen LogP contribution in [0.25, 0.3) is 0 Å². The summed E-state index contributed by atoms with van der Waals surface area (Å²) in [5.41, 5.74) is 2.31. The fourth-order valence-electron chi connectivity index (χ4n) is 2.27. The second kappa shape index (κ2) is 9.70. The number of anilines is 1. The lowest BCUT2D eigenvalue weighted by atomic mass is 10.1. The van der Waals surface area contributed by atoms with Gasteiger partial charge in [0.05, 0.1) is 25.0 Å². The monoisotopic (exact) mass is 404 g/mol. The number of aryl methyl sites for hydroxylation is 2. The van der Waals surface area contributed by atoms with E-state index in [0.717, 1.165) is 22.9 Å². The van der Waals surface area contributed by atoms with Gasteiger partial charge in [0.1, 0.15) is 0 Å². The maximum atomic E-state index is 12.0. The number of carbonyl (C=O) groups is 3. The smallest absolute Gasteiger partial charge is 0.325 e. The Morgan fingerprint density at radius 1 is 1.21 bits per heavy atom. The number of hydrogen-bond acceptors (Lipinski definition) is 7. The second-order valence-corrected chi connectivity index (χ2v) is 6.87. The molecule has 148 valence electrons. The summed E-state index contributed by atoms with van der Waals surface area (Å²) in [4.78, 5) is 53.4. The molecule has 28 heavy (non-hydrogen) atoms. The van der Waals surface area contributed by atoms with E-state index in [0.29, 0.717) is 5.69 Å². The molecule has 1 heterocycles. The topological polar surface area (TPSA) is 130 Å². The molecule has 9 nitrogen and oxygen atoms in total. The first kappa shape index (κ1) is 21.2. The van der Waals surface area contributed by atoms with Crippen molar-refractivity contribution in [3.05, 3.63) is 51.4 Å². The van der Waals surface area contributed by atoms with Crippen molar-refractivity contribution < 1.29 is 19.1 Å². The number of nitrogens with zero attached hydrogens (tertiary/aromatic N) is 1. The summed E-state index contributed by atoms with van der Waals surface area (Å²) < 4.78 is 4.53. The van der Waals surface area contributed by atoms with Gasteiger partial charge in [-0.3, -0.25) is 19.7 Å². The summed E-state index contributed by atoms with van der Waals surface area (Å²) >= 11 is 0.934. The molecule has 0 aliphatic heterocycles. The quantitative estimate of drug-likeness (QED) is 0.378. The number of aromatic amines is 1. The number of aromatic nitrogens is 2. The van der Waals surface area contributed by atoms with Gasteiger partial charge in [0, 0.05) is 11.8 Å². The van der Waals surface area contributed by atoms with Crippen LogP contribution in [0.1, 0.15) is 16.8 Å². The Kier molecular flexibility index (Phi) is 7.33. The van der Waals surface area contributed by atoms with Crippen LogP contribution in [-0.4, -0.2) is 40.7 Å². The van der Waals surface area contributed by atoms with Gasteiger partial charge in [-0.1, -0.05) is 29.5 Å². The molecule has 0 bridgehead atoms. The van der Waals surface area contributed by atoms with Gasteiger partial charge in [-0.25, -0.2) is 9.78 Å². The van der Waals surface area contributed by atoms with Crippen LogP contribution in [0.5, 0.6) is 0 Å². The molecule has 0 aliphatic rings. The molecule has 0 radical (unpaired) electrons. The zero-order chi connectivity index (χ0) is 20.7. The Morgan fingerprint density at radius 2 is 1.96 bits per heavy atom. The number of carbonyl (C=O) groups excluding carboxylic acids is 3. The van der Waals surface area contributed by atoms with Crippen LogP contribution in [0, 0.1) is 13.8 Å². The third-order valence-corrected chi connectivity index (χ3v) is 4.42. The number of benzene rings is 1. The van der Waals surface area contributed by atoms with Gasteiger partial charge >= 0.3 is 12.0 Å². The molecular formula is C18H20N4O5S. The van der Waals surface area contributed by atoms with Crippen molar-refractivity contribution in [1.29, 1.82) is 0 Å². The number of nitrogens with one attached hydrogen (secondary N) is 3. The maximum Gasteiger partial charge on any atom is 0.325 e. The van der Waals surface area contributed by atoms with Crippen LogP contribution in [0.2, 0.25) is 0 Å². The fourth-order valence-corrected chi connectivity index (χ4v) is 2.96. The van der Waals surface area contributed by atoms with Crippen molar-refractivity contribution in [3.63, 3.8) is 0 Å². The summed E-state index contributed by atoms with van der Waals surface area (Å²) in [5, 5.41) is 4.98. The molecule has 10 heteroatoms. The van der Waals surface area contributed by atoms with E-state index in [1.807, 2.05) is 26.0 Å². The summed E-state index contributed by atoms with van der Waals surface area (Å²) in [5.74, 6) is -1.24. The van der Waals surface area contributed by atoms with E-state index in [9.17, 15) is 19.2 Å². The Bertz CT molecular complexity index is 957. The lowest BCUT2D eigenvalue weighted by Crippen LogP contribution is -2.35. The highest BCUT2D eigenvalue weighted by atomic mass is 32.2. The molecule has 3 amide bonds. The Morgan fingerprint density at radius 3 is 2.64 bits per heavy atom. The van der Waals surface area contributed by atoms with Gasteiger partial charge in [-0.2, -0.15) is 0 Å². The normalized spacial score (nSPS) is 10.2. The van der Waals surface area contributed by atoms with E-state index < -0.39 is 23.5 Å². The molecular weight excluding hydrogens is 384 g/mol. The summed E-state index contributed by atoms with van der Waals surface area (Å²) in [6.45, 7) is 3.79. The minimum atomic E-state index is -0.654. The van der Waals surface area contributed by atoms with Crippen molar-refractivity contribution in [2.75, 3.05) is 18.2 Å². The zero-order valence-electron chi connectivity index (χ0n) is 15.6. The first-order valence-corrected chi connectivity index (χ1v) is 9.23. The molecule has 3 N–H and O–H groups in total. The first-order valence-electron chi connectivity index (χ1n) is 8.24. The molecule has 0 atom stereocenters. The zero-order valence-corrected chi connectivity index (χ0v) is 16.4. The Hall–Kier alpha value is -3.14. The number of urea groups is 1. The van der Waals surface area contributed by atoms with Gasteiger partial charge in [-0.15, -0.1) is 0 Å². The number of H-pyrrole nitrogens is 1. The molecule has 1 aromatic carbocycles. The Labute approximate surface area is 165 Å². The number of methoxy groups -OCH3 is 1. The number of ether oxygens (including phenoxy) is 1. The lowest BCUT2D eigenvalue weighted by molar-refractivity contribution is -0.139. The van der Waals surface area contributed by atoms with Crippen LogP contribution in [0.3, 0.4) is 0 Å². The van der Waals surface area contributed by atoms with Crippen molar-refractivity contribution in [2.45, 2.75) is 25.4 Å². The van der Waals surface area contributed by atoms with E-state index >= 15 is 0 Å². The van der Waals surface area contributed by atoms with Crippen molar-refractivity contribution in [2.24, 2.45) is 0 Å². The minimum absolute atomic E-state index is 0.148. The van der Waals surface area contributed by atoms with Crippen molar-refractivity contribution >= 4 is 35.4 Å². The molecule has 0 saturated heterocycles. The molecule has 2 rings (SSSR count). The molecule has 1 aromatic heterocycles. The molecule has 0 unspecified atom stereocenters. The second-order valence-electron chi connectivity index (χ2n) is 5.90. The van der Waals surface area contributed by atoms with Crippen molar-refractivity contribution in [1.82, 2.24) is 15.3 Å². The number of rotatable bonds is 6. The number of amides is 3. The van der Waals surface area contributed by atoms with E-state index in [1.165, 1.54) is 13.2 Å². The van der Waals surface area contributed by atoms with Crippen LogP contribution in [-0.2, 0) is 20.7 Å². The number of thioether (sulfide) groups is 1. The van der Waals surface area contributed by atoms with Crippen LogP contribution in [0.4, 0.5) is 10.5 Å². The molecule has 0 fully saturated rings. The van der Waals surface area contributed by atoms with Gasteiger partial charge in [0.2, 0.25) is 5.91 Å². The molecule has 0 aliphatic carbocycles. The van der Waals surface area contributed by atoms with E-state index in [4.69, 9.17) is 0 Å². The SMILES string of the molecule is COC(=O)Cc1cc(=O)[nH]c(SCC(=O)NC(=O)Nc2ccc(C)cc2C)n1. The average Bonchev–Trinajstić information content (AvgIpc) is 2.61. The number of imide groups is 1. The van der Waals surface area contributed by atoms with Crippen LogP contribution >= 0.6 is 11.8 Å². The number of esters is 1. The van der Waals surface area contributed by atoms with Gasteiger partial charge in [-0.05, 0) is 25.5 Å². The highest BCUT2D eigenvalue weighted by Gasteiger charge is 2.12. The predicted octanol–water partition coefficient (Wildman–Crippen LogP) is 1.54. The van der Waals surface area contributed by atoms with Crippen molar-refractivity contribution in [3.8, 4) is 0 Å². The lowest BCUT2D eigenvalue weighted by Gasteiger charge is -2.09. The van der Waals surface area contributed by atoms with E-state index in [2.05, 4.69) is 25.3 Å². The minimum Gasteiger partial charge on any atom is -0.469 e. The first-order chi connectivity index (χ1) is 13.3. The fraction of sp³-hybridized carbons (Fsp3) is 0.278. The largest absolute Gasteiger partial charge is 0.469 e. The number of hydrogen-bond donors (Lipinski definition) is 3. The third kappa shape index (κ3) is 6.54. The van der Waals surface area contributed by atoms with Gasteiger partial charge < -0.3 is 15.0 Å². The van der Waals surface area contributed by atoms with Gasteiger partial charge in [0.15, 0.2) is 5.16 Å². The summed E-state index contributed by atoms with van der Waals surface area (Å²) in [6, 6.07) is 6.04. The van der Waals surface area contributed by atoms with Gasteiger partial charge in [0.25, 0.3) is 5.56 Å². The standard InChI is InChI=1S/C18H20N4O5S/c1-10-4-5-13(11(2)6-10)20-17(26)21-15(24)9-28-18-19-12(7-14(23)22-18)8-16(25)27-3/h4-7H,8-9H2,1-3H3,(H,19,22,23)(H2,20,21,24,26). The third-order valence-electron chi connectivity index (χ3n) is 3.55. The highest BCUT2D eigenvalue weighted by molar-refractivity contribution is 7.99. The van der Waals surface area contributed by atoms with E-state index in [-0.39, 0.29) is 23.0 Å². The predicted molar refractivity (Wildman–Crippen MR) is 104 cm³/mol. The Balaban J connectivity index is 1.90. The van der Waals surface area contributed by atoms with Crippen LogP contribution in [0.15, 0.2) is 34.2 Å². The highest BCUT2D eigenvalue weighted by Crippen LogP contribution is 2.16.